The zero-order valence-corrected chi connectivity index (χ0v) is 28.7. The van der Waals surface area contributed by atoms with Crippen LogP contribution in [-0.2, 0) is 9.53 Å². The van der Waals surface area contributed by atoms with Crippen molar-refractivity contribution in [3.8, 4) is 11.1 Å². The monoisotopic (exact) mass is 727 g/mol. The Morgan fingerprint density at radius 3 is 2.20 bits per heavy atom. The van der Waals surface area contributed by atoms with Crippen molar-refractivity contribution in [2.45, 2.75) is 45.0 Å². The van der Waals surface area contributed by atoms with E-state index >= 15 is 0 Å². The third-order valence-electron chi connectivity index (χ3n) is 6.47. The molecule has 3 aromatic rings. The van der Waals surface area contributed by atoms with Crippen LogP contribution in [0.15, 0.2) is 64.8 Å². The highest BCUT2D eigenvalue weighted by atomic mass is 35.5. The van der Waals surface area contributed by atoms with E-state index in [0.29, 0.717) is 38.4 Å². The molecule has 1 atom stereocenters. The minimum Gasteiger partial charge on any atom is -0.383 e. The molecule has 12 nitrogen and oxygen atoms in total. The number of amidine groups is 1. The SMILES string of the molecule is CC(C)(C)F.CN=C(N)N(C(=O)c1ccc(-c2cnn(C(F)F)c2)cc1)C(COC)c1ccc(Cl)c(C(N)=NC=N)c1.O=CN1CC(F)(F)C1. The number of carbonyl (C=O) groups excluding carboxylic acids is 2. The molecule has 2 amide bonds. The van der Waals surface area contributed by atoms with Gasteiger partial charge in [-0.25, -0.2) is 22.8 Å². The average Bonchev–Trinajstić information content (AvgIpc) is 3.54. The molecule has 0 aliphatic carbocycles. The Morgan fingerprint density at radius 2 is 1.76 bits per heavy atom. The number of hydrogen-bond donors (Lipinski definition) is 3. The minimum absolute atomic E-state index is 0.0266. The molecule has 1 unspecified atom stereocenters. The fraction of sp³-hybridized carbons (Fsp3) is 0.375. The Labute approximate surface area is 291 Å². The maximum absolute atomic E-state index is 13.7. The number of likely N-dealkylation sites (tertiary alicyclic amines) is 1. The third-order valence-corrected chi connectivity index (χ3v) is 6.80. The van der Waals surface area contributed by atoms with Crippen LogP contribution in [0.25, 0.3) is 11.1 Å². The number of nitrogens with two attached hydrogens (primary N) is 2. The van der Waals surface area contributed by atoms with Gasteiger partial charge in [0.15, 0.2) is 5.96 Å². The van der Waals surface area contributed by atoms with Crippen molar-refractivity contribution in [3.63, 3.8) is 0 Å². The van der Waals surface area contributed by atoms with Crippen LogP contribution < -0.4 is 11.5 Å². The Bertz CT molecular complexity index is 1650. The summed E-state index contributed by atoms with van der Waals surface area (Å²) in [7, 11) is 2.93. The second-order valence-electron chi connectivity index (χ2n) is 11.6. The number of alkyl halides is 5. The second kappa shape index (κ2) is 18.2. The lowest BCUT2D eigenvalue weighted by Crippen LogP contribution is -2.55. The van der Waals surface area contributed by atoms with E-state index in [9.17, 15) is 31.5 Å². The van der Waals surface area contributed by atoms with Gasteiger partial charge in [0.1, 0.15) is 17.8 Å². The lowest BCUT2D eigenvalue weighted by Gasteiger charge is -2.35. The quantitative estimate of drug-likeness (QED) is 0.107. The van der Waals surface area contributed by atoms with E-state index in [1.54, 1.807) is 42.5 Å². The molecule has 0 spiro atoms. The first-order chi connectivity index (χ1) is 23.3. The summed E-state index contributed by atoms with van der Waals surface area (Å²) in [5.41, 5.74) is 13.4. The average molecular weight is 728 g/mol. The van der Waals surface area contributed by atoms with Gasteiger partial charge in [-0.2, -0.15) is 13.9 Å². The Morgan fingerprint density at radius 1 is 1.16 bits per heavy atom. The molecule has 0 radical (unpaired) electrons. The van der Waals surface area contributed by atoms with Crippen LogP contribution in [-0.4, -0.2) is 95.5 Å². The van der Waals surface area contributed by atoms with Gasteiger partial charge in [0, 0.05) is 37.0 Å². The summed E-state index contributed by atoms with van der Waals surface area (Å²) in [5, 5.41) is 11.1. The number of benzene rings is 2. The van der Waals surface area contributed by atoms with Crippen LogP contribution in [0.4, 0.5) is 22.0 Å². The van der Waals surface area contributed by atoms with Crippen molar-refractivity contribution in [2.75, 3.05) is 33.9 Å². The molecule has 272 valence electrons. The molecule has 0 saturated carbocycles. The van der Waals surface area contributed by atoms with Gasteiger partial charge in [0.2, 0.25) is 6.41 Å². The highest BCUT2D eigenvalue weighted by molar-refractivity contribution is 6.34. The number of hydrogen-bond acceptors (Lipinski definition) is 6. The molecule has 1 saturated heterocycles. The van der Waals surface area contributed by atoms with Crippen LogP contribution >= 0.6 is 11.6 Å². The van der Waals surface area contributed by atoms with Crippen molar-refractivity contribution in [2.24, 2.45) is 21.5 Å². The molecule has 50 heavy (non-hydrogen) atoms. The van der Waals surface area contributed by atoms with Crippen molar-refractivity contribution >= 4 is 42.1 Å². The molecule has 18 heteroatoms. The number of aromatic nitrogens is 2. The zero-order valence-electron chi connectivity index (χ0n) is 28.0. The predicted molar refractivity (Wildman–Crippen MR) is 182 cm³/mol. The van der Waals surface area contributed by atoms with E-state index < -0.39 is 43.2 Å². The predicted octanol–water partition coefficient (Wildman–Crippen LogP) is 5.53. The number of nitrogens with zero attached hydrogens (tertiary/aromatic N) is 6. The van der Waals surface area contributed by atoms with E-state index in [0.717, 1.165) is 11.2 Å². The molecule has 5 N–H and O–H groups in total. The van der Waals surface area contributed by atoms with Crippen LogP contribution in [0.1, 0.15) is 54.8 Å². The molecule has 1 fully saturated rings. The van der Waals surface area contributed by atoms with Crippen LogP contribution in [0.3, 0.4) is 0 Å². The highest BCUT2D eigenvalue weighted by Crippen LogP contribution is 2.29. The number of ether oxygens (including phenoxy) is 1. The summed E-state index contributed by atoms with van der Waals surface area (Å²) in [5.74, 6) is -3.12. The standard InChI is InChI=1S/C24H25ClF2N8O2.C4H5F2NO.C4H9F/c1-31-24(30)35(20(12-37-2)16-7-8-19(25)18(9-16)21(29)32-13-28)22(36)15-5-3-14(4-6-15)17-10-33-34(11-17)23(26)27;5-4(6)1-7(2-4)3-8;1-4(2,3)5/h3-11,13,20,23H,12H2,1-2H3,(H2,30,31)(H3,28,29,32);3H,1-2H2;1-3H3. The van der Waals surface area contributed by atoms with Gasteiger partial charge in [-0.1, -0.05) is 29.8 Å². The number of aliphatic imine (C=N–C) groups is 2. The van der Waals surface area contributed by atoms with Gasteiger partial charge in [0.25, 0.3) is 11.8 Å². The largest absolute Gasteiger partial charge is 0.383 e. The Hall–Kier alpha value is -4.90. The smallest absolute Gasteiger partial charge is 0.333 e. The lowest BCUT2D eigenvalue weighted by atomic mass is 10.0. The van der Waals surface area contributed by atoms with E-state index in [-0.39, 0.29) is 24.0 Å². The Balaban J connectivity index is 0.000000557. The number of rotatable bonds is 10. The number of amides is 2. The number of methoxy groups -OCH3 is 1. The van der Waals surface area contributed by atoms with Crippen LogP contribution in [0.5, 0.6) is 0 Å². The van der Waals surface area contributed by atoms with Gasteiger partial charge in [-0.15, -0.1) is 0 Å². The van der Waals surface area contributed by atoms with Crippen molar-refractivity contribution in [3.05, 3.63) is 76.6 Å². The topological polar surface area (TPSA) is 168 Å². The summed E-state index contributed by atoms with van der Waals surface area (Å²) < 4.78 is 66.9. The second-order valence-corrected chi connectivity index (χ2v) is 12.0. The first-order valence-electron chi connectivity index (χ1n) is 14.7. The maximum atomic E-state index is 13.7. The van der Waals surface area contributed by atoms with Gasteiger partial charge in [0.05, 0.1) is 37.0 Å². The molecular formula is C32H39ClF5N9O3. The highest BCUT2D eigenvalue weighted by Gasteiger charge is 2.43. The number of halogens is 6. The molecule has 1 aromatic heterocycles. The van der Waals surface area contributed by atoms with E-state index in [2.05, 4.69) is 15.1 Å². The fourth-order valence-electron chi connectivity index (χ4n) is 4.24. The van der Waals surface area contributed by atoms with E-state index in [4.69, 9.17) is 33.2 Å². The normalized spacial score (nSPS) is 14.8. The lowest BCUT2D eigenvalue weighted by molar-refractivity contribution is -0.153. The summed E-state index contributed by atoms with van der Waals surface area (Å²) in [4.78, 5) is 33.4. The molecular weight excluding hydrogens is 689 g/mol. The van der Waals surface area contributed by atoms with Crippen molar-refractivity contribution in [1.82, 2.24) is 19.6 Å². The molecule has 0 bridgehead atoms. The van der Waals surface area contributed by atoms with Crippen molar-refractivity contribution in [1.29, 1.82) is 5.41 Å². The molecule has 4 rings (SSSR count). The Kier molecular flexibility index (Phi) is 15.0. The van der Waals surface area contributed by atoms with Gasteiger partial charge < -0.3 is 21.1 Å². The molecule has 2 heterocycles. The van der Waals surface area contributed by atoms with Crippen LogP contribution in [0, 0.1) is 5.41 Å². The number of carbonyl (C=O) groups is 2. The van der Waals surface area contributed by atoms with E-state index in [1.165, 1.54) is 52.2 Å². The molecule has 2 aromatic carbocycles. The molecule has 1 aliphatic heterocycles. The van der Waals surface area contributed by atoms with Gasteiger partial charge in [-0.3, -0.25) is 24.9 Å². The molecule has 1 aliphatic rings. The number of nitrogens with one attached hydrogen (secondary N) is 1. The number of guanidine groups is 1. The van der Waals surface area contributed by atoms with E-state index in [1.807, 2.05) is 0 Å². The first-order valence-corrected chi connectivity index (χ1v) is 15.1. The summed E-state index contributed by atoms with van der Waals surface area (Å²) >= 11 is 6.28. The summed E-state index contributed by atoms with van der Waals surface area (Å²) in [6.07, 6.45) is 3.76. The third kappa shape index (κ3) is 12.2. The maximum Gasteiger partial charge on any atom is 0.333 e. The minimum atomic E-state index is -2.75. The zero-order chi connectivity index (χ0) is 37.8. The van der Waals surface area contributed by atoms with Crippen molar-refractivity contribution < 1.29 is 36.3 Å². The summed E-state index contributed by atoms with van der Waals surface area (Å²) in [6.45, 7) is 1.05. The summed E-state index contributed by atoms with van der Waals surface area (Å²) in [6, 6.07) is 10.6. The fourth-order valence-corrected chi connectivity index (χ4v) is 4.45. The van der Waals surface area contributed by atoms with Gasteiger partial charge in [-0.05, 0) is 56.2 Å². The van der Waals surface area contributed by atoms with Crippen LogP contribution in [0.2, 0.25) is 5.02 Å². The first kappa shape index (κ1) is 41.3. The van der Waals surface area contributed by atoms with Gasteiger partial charge >= 0.3 is 6.55 Å².